The van der Waals surface area contributed by atoms with Crippen molar-refractivity contribution in [1.82, 2.24) is 0 Å². The van der Waals surface area contributed by atoms with Gasteiger partial charge in [-0.15, -0.1) is 0 Å². The molecule has 0 saturated heterocycles. The third-order valence-corrected chi connectivity index (χ3v) is 2.45. The highest BCUT2D eigenvalue weighted by molar-refractivity contribution is 5.74. The van der Waals surface area contributed by atoms with E-state index in [-0.39, 0.29) is 24.3 Å². The Balaban J connectivity index is 3.18. The number of esters is 1. The Morgan fingerprint density at radius 3 is 2.63 bits per heavy atom. The lowest BCUT2D eigenvalue weighted by molar-refractivity contribution is -0.142. The van der Waals surface area contributed by atoms with Gasteiger partial charge in [-0.1, -0.05) is 0 Å². The van der Waals surface area contributed by atoms with E-state index in [9.17, 15) is 13.6 Å². The summed E-state index contributed by atoms with van der Waals surface area (Å²) in [6.07, 6.45) is -2.91. The molecule has 0 amide bonds. The Hall–Kier alpha value is -2.16. The van der Waals surface area contributed by atoms with Gasteiger partial charge in [-0.05, 0) is 19.1 Å². The first-order valence-electron chi connectivity index (χ1n) is 5.58. The maximum atomic E-state index is 12.7. The molecule has 4 nitrogen and oxygen atoms in total. The minimum atomic E-state index is -2.78. The SMILES string of the molecule is CCOC(=O)Cc1cc(C#N)c(C(F)F)cc1OC. The molecular weight excluding hydrogens is 256 g/mol. The zero-order chi connectivity index (χ0) is 14.4. The van der Waals surface area contributed by atoms with Gasteiger partial charge in [0, 0.05) is 11.1 Å². The van der Waals surface area contributed by atoms with Crippen LogP contribution in [0.2, 0.25) is 0 Å². The number of carbonyl (C=O) groups excluding carboxylic acids is 1. The second-order valence-corrected chi connectivity index (χ2v) is 3.65. The van der Waals surface area contributed by atoms with Gasteiger partial charge in [0.1, 0.15) is 5.75 Å². The van der Waals surface area contributed by atoms with Crippen molar-refractivity contribution in [3.05, 3.63) is 28.8 Å². The topological polar surface area (TPSA) is 59.3 Å². The molecule has 0 aliphatic rings. The summed E-state index contributed by atoms with van der Waals surface area (Å²) in [5, 5.41) is 8.85. The van der Waals surface area contributed by atoms with Gasteiger partial charge >= 0.3 is 5.97 Å². The number of nitrogens with zero attached hydrogens (tertiary/aromatic N) is 1. The standard InChI is InChI=1S/C13H13F2NO3/c1-3-19-12(17)5-8-4-9(7-16)10(13(14)15)6-11(8)18-2/h4,6,13H,3,5H2,1-2H3. The highest BCUT2D eigenvalue weighted by Gasteiger charge is 2.19. The van der Waals surface area contributed by atoms with Crippen LogP contribution in [0.25, 0.3) is 0 Å². The first kappa shape index (κ1) is 14.9. The fourth-order valence-electron chi connectivity index (χ4n) is 1.61. The second kappa shape index (κ2) is 6.69. The Kier molecular flexibility index (Phi) is 5.24. The minimum Gasteiger partial charge on any atom is -0.496 e. The van der Waals surface area contributed by atoms with Crippen molar-refractivity contribution in [2.75, 3.05) is 13.7 Å². The molecule has 0 radical (unpaired) electrons. The Morgan fingerprint density at radius 2 is 2.16 bits per heavy atom. The molecule has 0 aromatic heterocycles. The molecule has 0 atom stereocenters. The van der Waals surface area contributed by atoms with Crippen LogP contribution in [0.1, 0.15) is 30.0 Å². The molecule has 0 unspecified atom stereocenters. The predicted molar refractivity (Wildman–Crippen MR) is 63.0 cm³/mol. The van der Waals surface area contributed by atoms with E-state index in [1.54, 1.807) is 13.0 Å². The number of alkyl halides is 2. The van der Waals surface area contributed by atoms with E-state index in [0.717, 1.165) is 6.07 Å². The van der Waals surface area contributed by atoms with Crippen LogP contribution in [0, 0.1) is 11.3 Å². The van der Waals surface area contributed by atoms with Crippen LogP contribution in [0.5, 0.6) is 5.75 Å². The third-order valence-electron chi connectivity index (χ3n) is 2.45. The summed E-state index contributed by atoms with van der Waals surface area (Å²) in [5.74, 6) is -0.364. The molecule has 6 heteroatoms. The van der Waals surface area contributed by atoms with E-state index in [0.29, 0.717) is 5.56 Å². The van der Waals surface area contributed by atoms with Crippen molar-refractivity contribution in [2.45, 2.75) is 19.8 Å². The summed E-state index contributed by atoms with van der Waals surface area (Å²) in [5.41, 5.74) is -0.232. The zero-order valence-electron chi connectivity index (χ0n) is 10.6. The molecule has 1 rings (SSSR count). The molecular formula is C13H13F2NO3. The summed E-state index contributed by atoms with van der Waals surface area (Å²) in [6.45, 7) is 1.89. The lowest BCUT2D eigenvalue weighted by Crippen LogP contribution is -2.09. The predicted octanol–water partition coefficient (Wildman–Crippen LogP) is 2.61. The van der Waals surface area contributed by atoms with Crippen LogP contribution in [0.4, 0.5) is 8.78 Å². The van der Waals surface area contributed by atoms with Gasteiger partial charge in [0.25, 0.3) is 6.43 Å². The number of ether oxygens (including phenoxy) is 2. The maximum absolute atomic E-state index is 12.7. The van der Waals surface area contributed by atoms with Crippen molar-refractivity contribution >= 4 is 5.97 Å². The summed E-state index contributed by atoms with van der Waals surface area (Å²) in [6, 6.07) is 4.00. The van der Waals surface area contributed by atoms with Crippen molar-refractivity contribution in [2.24, 2.45) is 0 Å². The molecule has 0 spiro atoms. The van der Waals surface area contributed by atoms with Gasteiger partial charge < -0.3 is 9.47 Å². The summed E-state index contributed by atoms with van der Waals surface area (Å²) >= 11 is 0. The van der Waals surface area contributed by atoms with Crippen LogP contribution < -0.4 is 4.74 Å². The lowest BCUT2D eigenvalue weighted by Gasteiger charge is -2.11. The smallest absolute Gasteiger partial charge is 0.310 e. The maximum Gasteiger partial charge on any atom is 0.310 e. The average molecular weight is 269 g/mol. The van der Waals surface area contributed by atoms with E-state index in [1.165, 1.54) is 13.2 Å². The van der Waals surface area contributed by atoms with Crippen LogP contribution in [0.3, 0.4) is 0 Å². The van der Waals surface area contributed by atoms with Crippen molar-refractivity contribution in [3.8, 4) is 11.8 Å². The third kappa shape index (κ3) is 3.65. The summed E-state index contributed by atoms with van der Waals surface area (Å²) in [7, 11) is 1.31. The first-order valence-corrected chi connectivity index (χ1v) is 5.58. The minimum absolute atomic E-state index is 0.130. The van der Waals surface area contributed by atoms with Crippen LogP contribution in [-0.2, 0) is 16.0 Å². The Labute approximate surface area is 109 Å². The molecule has 102 valence electrons. The van der Waals surface area contributed by atoms with Gasteiger partial charge in [-0.25, -0.2) is 8.78 Å². The number of carbonyl (C=O) groups is 1. The quantitative estimate of drug-likeness (QED) is 0.771. The van der Waals surface area contributed by atoms with Gasteiger partial charge in [0.2, 0.25) is 0 Å². The lowest BCUT2D eigenvalue weighted by atomic mass is 10.0. The highest BCUT2D eigenvalue weighted by Crippen LogP contribution is 2.30. The fraction of sp³-hybridized carbons (Fsp3) is 0.385. The fourth-order valence-corrected chi connectivity index (χ4v) is 1.61. The van der Waals surface area contributed by atoms with Crippen LogP contribution in [0.15, 0.2) is 12.1 Å². The molecule has 0 aliphatic carbocycles. The number of methoxy groups -OCH3 is 1. The van der Waals surface area contributed by atoms with Crippen LogP contribution >= 0.6 is 0 Å². The van der Waals surface area contributed by atoms with Gasteiger partial charge in [0.15, 0.2) is 0 Å². The van der Waals surface area contributed by atoms with Crippen molar-refractivity contribution < 1.29 is 23.0 Å². The zero-order valence-corrected chi connectivity index (χ0v) is 10.6. The molecule has 0 saturated carbocycles. The molecule has 0 heterocycles. The normalized spacial score (nSPS) is 10.1. The van der Waals surface area contributed by atoms with Gasteiger partial charge in [-0.3, -0.25) is 4.79 Å². The van der Waals surface area contributed by atoms with Gasteiger partial charge in [-0.2, -0.15) is 5.26 Å². The highest BCUT2D eigenvalue weighted by atomic mass is 19.3. The molecule has 0 fully saturated rings. The molecule has 0 aliphatic heterocycles. The summed E-state index contributed by atoms with van der Waals surface area (Å²) < 4.78 is 35.2. The van der Waals surface area contributed by atoms with E-state index in [2.05, 4.69) is 0 Å². The monoisotopic (exact) mass is 269 g/mol. The number of hydrogen-bond donors (Lipinski definition) is 0. The molecule has 1 aromatic rings. The number of rotatable bonds is 5. The van der Waals surface area contributed by atoms with Gasteiger partial charge in [0.05, 0.1) is 31.8 Å². The van der Waals surface area contributed by atoms with E-state index in [1.807, 2.05) is 0 Å². The van der Waals surface area contributed by atoms with E-state index in [4.69, 9.17) is 14.7 Å². The number of benzene rings is 1. The van der Waals surface area contributed by atoms with Crippen LogP contribution in [-0.4, -0.2) is 19.7 Å². The number of halogens is 2. The average Bonchev–Trinajstić information content (AvgIpc) is 2.38. The van der Waals surface area contributed by atoms with E-state index >= 15 is 0 Å². The molecule has 0 N–H and O–H groups in total. The number of nitriles is 1. The Bertz CT molecular complexity index is 509. The molecule has 19 heavy (non-hydrogen) atoms. The first-order chi connectivity index (χ1) is 9.03. The molecule has 1 aromatic carbocycles. The van der Waals surface area contributed by atoms with E-state index < -0.39 is 18.0 Å². The second-order valence-electron chi connectivity index (χ2n) is 3.65. The van der Waals surface area contributed by atoms with Crippen molar-refractivity contribution in [1.29, 1.82) is 5.26 Å². The summed E-state index contributed by atoms with van der Waals surface area (Å²) in [4.78, 5) is 11.4. The van der Waals surface area contributed by atoms with Crippen molar-refractivity contribution in [3.63, 3.8) is 0 Å². The number of hydrogen-bond acceptors (Lipinski definition) is 4. The Morgan fingerprint density at radius 1 is 1.47 bits per heavy atom. The molecule has 0 bridgehead atoms. The largest absolute Gasteiger partial charge is 0.496 e.